The van der Waals surface area contributed by atoms with Gasteiger partial charge in [-0.25, -0.2) is 0 Å². The lowest BCUT2D eigenvalue weighted by molar-refractivity contribution is 0.144. The molecule has 0 aromatic carbocycles. The Kier molecular flexibility index (Phi) is 16.7. The van der Waals surface area contributed by atoms with Gasteiger partial charge in [0.25, 0.3) is 0 Å². The third-order valence-corrected chi connectivity index (χ3v) is 6.37. The Morgan fingerprint density at radius 2 is 0.786 bits per heavy atom. The van der Waals surface area contributed by atoms with Gasteiger partial charge in [0, 0.05) is 25.5 Å². The lowest BCUT2D eigenvalue weighted by Gasteiger charge is -2.32. The van der Waals surface area contributed by atoms with Gasteiger partial charge in [-0.3, -0.25) is 0 Å². The summed E-state index contributed by atoms with van der Waals surface area (Å²) >= 11 is 0. The van der Waals surface area contributed by atoms with Gasteiger partial charge in [0.2, 0.25) is 0 Å². The fraction of sp³-hybridized carbons (Fsp3) is 0.923. The Bertz CT molecular complexity index is 352. The summed E-state index contributed by atoms with van der Waals surface area (Å²) in [4.78, 5) is 5.19. The number of hydrogen-bond donors (Lipinski definition) is 0. The van der Waals surface area contributed by atoms with E-state index in [0.717, 1.165) is 0 Å². The van der Waals surface area contributed by atoms with Crippen molar-refractivity contribution in [3.05, 3.63) is 12.4 Å². The van der Waals surface area contributed by atoms with Crippen LogP contribution in [0.4, 0.5) is 0 Å². The maximum atomic E-state index is 2.60. The normalized spacial score (nSPS) is 16.5. The largest absolute Gasteiger partial charge is 0.356 e. The van der Waals surface area contributed by atoms with E-state index >= 15 is 0 Å². The molecule has 0 aliphatic carbocycles. The number of nitrogens with zero attached hydrogens (tertiary/aromatic N) is 2. The van der Waals surface area contributed by atoms with Gasteiger partial charge in [0.15, 0.2) is 0 Å². The molecule has 0 saturated heterocycles. The summed E-state index contributed by atoms with van der Waals surface area (Å²) in [6.45, 7) is 9.43. The van der Waals surface area contributed by atoms with Gasteiger partial charge in [-0.1, -0.05) is 117 Å². The first kappa shape index (κ1) is 25.4. The zero-order valence-electron chi connectivity index (χ0n) is 19.8. The molecule has 2 nitrogen and oxygen atoms in total. The first-order valence-electron chi connectivity index (χ1n) is 13.0. The summed E-state index contributed by atoms with van der Waals surface area (Å²) in [6.07, 6.45) is 30.7. The zero-order valence-corrected chi connectivity index (χ0v) is 19.8. The molecule has 0 spiro atoms. The van der Waals surface area contributed by atoms with Gasteiger partial charge >= 0.3 is 0 Å². The van der Waals surface area contributed by atoms with Crippen LogP contribution in [-0.4, -0.2) is 29.1 Å². The van der Waals surface area contributed by atoms with E-state index in [4.69, 9.17) is 0 Å². The van der Waals surface area contributed by atoms with Crippen molar-refractivity contribution in [2.45, 2.75) is 143 Å². The second-order valence-corrected chi connectivity index (χ2v) is 8.97. The Morgan fingerprint density at radius 3 is 1.11 bits per heavy atom. The SMILES string of the molecule is CCCCCCCCCCCCCCN1C=CN(CCCCCCC)C1CC. The molecule has 1 rings (SSSR count). The van der Waals surface area contributed by atoms with E-state index in [1.807, 2.05) is 0 Å². The highest BCUT2D eigenvalue weighted by Gasteiger charge is 2.23. The molecule has 2 heteroatoms. The Labute approximate surface area is 178 Å². The smallest absolute Gasteiger partial charge is 0.100 e. The molecule has 0 radical (unpaired) electrons. The van der Waals surface area contributed by atoms with E-state index in [0.29, 0.717) is 6.17 Å². The quantitative estimate of drug-likeness (QED) is 0.192. The van der Waals surface area contributed by atoms with Crippen LogP contribution in [0.15, 0.2) is 12.4 Å². The summed E-state index contributed by atoms with van der Waals surface area (Å²) in [7, 11) is 0. The van der Waals surface area contributed by atoms with Crippen LogP contribution in [0.1, 0.15) is 136 Å². The predicted octanol–water partition coefficient (Wildman–Crippen LogP) is 8.48. The summed E-state index contributed by atoms with van der Waals surface area (Å²) in [6, 6.07) is 0. The van der Waals surface area contributed by atoms with Crippen molar-refractivity contribution in [1.29, 1.82) is 0 Å². The molecule has 166 valence electrons. The van der Waals surface area contributed by atoms with Gasteiger partial charge in [0.1, 0.15) is 6.17 Å². The molecule has 0 bridgehead atoms. The lowest BCUT2D eigenvalue weighted by Crippen LogP contribution is -2.38. The lowest BCUT2D eigenvalue weighted by atomic mass is 10.1. The monoisotopic (exact) mass is 392 g/mol. The maximum absolute atomic E-state index is 2.60. The highest BCUT2D eigenvalue weighted by atomic mass is 15.4. The molecule has 1 atom stereocenters. The van der Waals surface area contributed by atoms with Crippen LogP contribution in [0.5, 0.6) is 0 Å². The van der Waals surface area contributed by atoms with Gasteiger partial charge in [-0.2, -0.15) is 0 Å². The van der Waals surface area contributed by atoms with Crippen LogP contribution in [0, 0.1) is 0 Å². The minimum atomic E-state index is 0.624. The highest BCUT2D eigenvalue weighted by molar-refractivity contribution is 4.96. The molecule has 1 aliphatic rings. The van der Waals surface area contributed by atoms with E-state index in [1.165, 1.54) is 129 Å². The Morgan fingerprint density at radius 1 is 0.464 bits per heavy atom. The van der Waals surface area contributed by atoms with Crippen molar-refractivity contribution in [1.82, 2.24) is 9.80 Å². The zero-order chi connectivity index (χ0) is 20.3. The van der Waals surface area contributed by atoms with Crippen LogP contribution < -0.4 is 0 Å². The van der Waals surface area contributed by atoms with Crippen molar-refractivity contribution in [2.75, 3.05) is 13.1 Å². The molecule has 0 fully saturated rings. The number of rotatable bonds is 20. The third-order valence-electron chi connectivity index (χ3n) is 6.37. The number of hydrogen-bond acceptors (Lipinski definition) is 2. The fourth-order valence-electron chi connectivity index (χ4n) is 4.51. The van der Waals surface area contributed by atoms with Crippen molar-refractivity contribution < 1.29 is 0 Å². The molecular formula is C26H52N2. The van der Waals surface area contributed by atoms with Gasteiger partial charge in [-0.15, -0.1) is 0 Å². The minimum absolute atomic E-state index is 0.624. The van der Waals surface area contributed by atoms with E-state index in [9.17, 15) is 0 Å². The van der Waals surface area contributed by atoms with E-state index in [1.54, 1.807) is 0 Å². The van der Waals surface area contributed by atoms with Crippen molar-refractivity contribution >= 4 is 0 Å². The van der Waals surface area contributed by atoms with Gasteiger partial charge in [0.05, 0.1) is 0 Å². The number of unbranched alkanes of at least 4 members (excludes halogenated alkanes) is 15. The molecule has 1 heterocycles. The van der Waals surface area contributed by atoms with E-state index < -0.39 is 0 Å². The molecule has 0 amide bonds. The third kappa shape index (κ3) is 12.0. The second-order valence-electron chi connectivity index (χ2n) is 8.97. The fourth-order valence-corrected chi connectivity index (χ4v) is 4.51. The molecule has 0 aromatic heterocycles. The Balaban J connectivity index is 1.96. The van der Waals surface area contributed by atoms with E-state index in [2.05, 4.69) is 43.0 Å². The molecule has 28 heavy (non-hydrogen) atoms. The average molecular weight is 393 g/mol. The van der Waals surface area contributed by atoms with Crippen molar-refractivity contribution in [3.8, 4) is 0 Å². The summed E-state index contributed by atoms with van der Waals surface area (Å²) in [5.41, 5.74) is 0. The van der Waals surface area contributed by atoms with Crippen molar-refractivity contribution in [3.63, 3.8) is 0 Å². The average Bonchev–Trinajstić information content (AvgIpc) is 3.10. The van der Waals surface area contributed by atoms with Crippen LogP contribution in [0.25, 0.3) is 0 Å². The molecule has 0 aromatic rings. The standard InChI is InChI=1S/C26H52N2/c1-4-7-9-11-12-13-14-15-16-17-19-21-23-28-25-24-27(26(28)6-3)22-20-18-10-8-5-2/h24-26H,4-23H2,1-3H3. The summed E-state index contributed by atoms with van der Waals surface area (Å²) in [5, 5.41) is 0. The van der Waals surface area contributed by atoms with Crippen LogP contribution >= 0.6 is 0 Å². The van der Waals surface area contributed by atoms with Crippen LogP contribution in [0.2, 0.25) is 0 Å². The molecule has 1 aliphatic heterocycles. The molecule has 0 N–H and O–H groups in total. The topological polar surface area (TPSA) is 6.48 Å². The molecular weight excluding hydrogens is 340 g/mol. The maximum Gasteiger partial charge on any atom is 0.100 e. The van der Waals surface area contributed by atoms with Crippen LogP contribution in [-0.2, 0) is 0 Å². The van der Waals surface area contributed by atoms with E-state index in [-0.39, 0.29) is 0 Å². The first-order valence-corrected chi connectivity index (χ1v) is 13.0. The minimum Gasteiger partial charge on any atom is -0.356 e. The van der Waals surface area contributed by atoms with Gasteiger partial charge < -0.3 is 9.80 Å². The van der Waals surface area contributed by atoms with Gasteiger partial charge in [-0.05, 0) is 19.3 Å². The second kappa shape index (κ2) is 18.4. The first-order chi connectivity index (χ1) is 13.8. The molecule has 0 saturated carbocycles. The summed E-state index contributed by atoms with van der Waals surface area (Å²) in [5.74, 6) is 0. The Hall–Kier alpha value is -0.660. The predicted molar refractivity (Wildman–Crippen MR) is 126 cm³/mol. The summed E-state index contributed by atoms with van der Waals surface area (Å²) < 4.78 is 0. The molecule has 1 unspecified atom stereocenters. The highest BCUT2D eigenvalue weighted by Crippen LogP contribution is 2.21. The van der Waals surface area contributed by atoms with Crippen LogP contribution in [0.3, 0.4) is 0 Å². The van der Waals surface area contributed by atoms with Crippen molar-refractivity contribution in [2.24, 2.45) is 0 Å².